The quantitative estimate of drug-likeness (QED) is 0.706. The first-order chi connectivity index (χ1) is 9.42. The van der Waals surface area contributed by atoms with E-state index < -0.39 is 5.54 Å². The Bertz CT molecular complexity index is 301. The van der Waals surface area contributed by atoms with E-state index in [9.17, 15) is 4.79 Å². The Morgan fingerprint density at radius 1 is 1.40 bits per heavy atom. The maximum absolute atomic E-state index is 12.1. The molecule has 1 unspecified atom stereocenters. The number of ether oxygens (including phenoxy) is 1. The summed E-state index contributed by atoms with van der Waals surface area (Å²) in [5.74, 6) is -0.166. The summed E-state index contributed by atoms with van der Waals surface area (Å²) >= 11 is 0. The molecule has 5 nitrogen and oxygen atoms in total. The number of nitrogens with zero attached hydrogens (tertiary/aromatic N) is 2. The van der Waals surface area contributed by atoms with E-state index in [0.29, 0.717) is 6.04 Å². The van der Waals surface area contributed by atoms with Crippen molar-refractivity contribution in [1.29, 1.82) is 0 Å². The molecule has 0 aromatic rings. The van der Waals surface area contributed by atoms with Crippen LogP contribution in [0.15, 0.2) is 0 Å². The predicted octanol–water partition coefficient (Wildman–Crippen LogP) is 0.944. The van der Waals surface area contributed by atoms with Crippen molar-refractivity contribution in [2.75, 3.05) is 47.4 Å². The summed E-state index contributed by atoms with van der Waals surface area (Å²) in [7, 11) is 5.75. The molecule has 1 fully saturated rings. The number of piperidine rings is 1. The third kappa shape index (κ3) is 4.72. The van der Waals surface area contributed by atoms with Crippen LogP contribution in [0, 0.1) is 0 Å². The second-order valence-corrected chi connectivity index (χ2v) is 6.22. The van der Waals surface area contributed by atoms with Gasteiger partial charge in [0.2, 0.25) is 0 Å². The number of carbonyl (C=O) groups excluding carboxylic acids is 1. The van der Waals surface area contributed by atoms with Crippen LogP contribution in [0.1, 0.15) is 33.1 Å². The highest BCUT2D eigenvalue weighted by molar-refractivity contribution is 5.80. The molecule has 0 amide bonds. The first kappa shape index (κ1) is 17.4. The van der Waals surface area contributed by atoms with E-state index >= 15 is 0 Å². The van der Waals surface area contributed by atoms with Gasteiger partial charge in [0.15, 0.2) is 0 Å². The summed E-state index contributed by atoms with van der Waals surface area (Å²) in [5, 5.41) is 3.35. The zero-order valence-electron chi connectivity index (χ0n) is 13.7. The molecule has 0 radical (unpaired) electrons. The summed E-state index contributed by atoms with van der Waals surface area (Å²) < 4.78 is 4.98. The van der Waals surface area contributed by atoms with Crippen LogP contribution >= 0.6 is 0 Å². The van der Waals surface area contributed by atoms with E-state index in [4.69, 9.17) is 4.74 Å². The monoisotopic (exact) mass is 285 g/mol. The van der Waals surface area contributed by atoms with Gasteiger partial charge in [-0.2, -0.15) is 0 Å². The third-order valence-electron chi connectivity index (χ3n) is 4.23. The Balaban J connectivity index is 2.56. The first-order valence-corrected chi connectivity index (χ1v) is 7.65. The first-order valence-electron chi connectivity index (χ1n) is 7.65. The van der Waals surface area contributed by atoms with Gasteiger partial charge in [0.25, 0.3) is 0 Å². The minimum atomic E-state index is -0.601. The minimum absolute atomic E-state index is 0.166. The number of methoxy groups -OCH3 is 1. The standard InChI is InChI=1S/C15H31N3O2/c1-6-9-16-15(2,14(19)20-5)12-18-10-7-13(8-11-18)17(3)4/h13,16H,6-12H2,1-5H3. The SMILES string of the molecule is CCCNC(C)(CN1CCC(N(C)C)CC1)C(=O)OC. The number of hydrogen-bond donors (Lipinski definition) is 1. The topological polar surface area (TPSA) is 44.8 Å². The van der Waals surface area contributed by atoms with Gasteiger partial charge in [0, 0.05) is 12.6 Å². The van der Waals surface area contributed by atoms with Gasteiger partial charge in [0.05, 0.1) is 7.11 Å². The minimum Gasteiger partial charge on any atom is -0.468 e. The summed E-state index contributed by atoms with van der Waals surface area (Å²) in [5.41, 5.74) is -0.601. The summed E-state index contributed by atoms with van der Waals surface area (Å²) in [6.45, 7) is 7.70. The van der Waals surface area contributed by atoms with E-state index in [1.807, 2.05) is 6.92 Å². The molecule has 0 saturated carbocycles. The lowest BCUT2D eigenvalue weighted by Gasteiger charge is -2.39. The molecular weight excluding hydrogens is 254 g/mol. The Morgan fingerprint density at radius 2 is 2.00 bits per heavy atom. The number of hydrogen-bond acceptors (Lipinski definition) is 5. The Morgan fingerprint density at radius 3 is 2.45 bits per heavy atom. The molecule has 1 N–H and O–H groups in total. The van der Waals surface area contributed by atoms with Gasteiger partial charge in [-0.3, -0.25) is 4.79 Å². The van der Waals surface area contributed by atoms with Gasteiger partial charge < -0.3 is 19.9 Å². The van der Waals surface area contributed by atoms with Crippen LogP contribution in [0.25, 0.3) is 0 Å². The van der Waals surface area contributed by atoms with E-state index in [2.05, 4.69) is 36.1 Å². The molecule has 0 aromatic carbocycles. The van der Waals surface area contributed by atoms with Crippen molar-refractivity contribution in [3.63, 3.8) is 0 Å². The molecule has 0 bridgehead atoms. The molecule has 1 heterocycles. The number of likely N-dealkylation sites (tertiary alicyclic amines) is 1. The molecule has 1 saturated heterocycles. The molecule has 0 aliphatic carbocycles. The van der Waals surface area contributed by atoms with Crippen LogP contribution < -0.4 is 5.32 Å². The molecular formula is C15H31N3O2. The van der Waals surface area contributed by atoms with Crippen molar-refractivity contribution in [3.05, 3.63) is 0 Å². The molecule has 0 aromatic heterocycles. The molecule has 0 spiro atoms. The molecule has 1 rings (SSSR count). The van der Waals surface area contributed by atoms with E-state index in [-0.39, 0.29) is 5.97 Å². The fourth-order valence-electron chi connectivity index (χ4n) is 2.86. The average molecular weight is 285 g/mol. The van der Waals surface area contributed by atoms with Crippen LogP contribution in [0.5, 0.6) is 0 Å². The maximum atomic E-state index is 12.1. The summed E-state index contributed by atoms with van der Waals surface area (Å²) in [4.78, 5) is 16.7. The zero-order chi connectivity index (χ0) is 15.2. The van der Waals surface area contributed by atoms with Gasteiger partial charge in [0.1, 0.15) is 5.54 Å². The highest BCUT2D eigenvalue weighted by Crippen LogP contribution is 2.17. The van der Waals surface area contributed by atoms with Crippen LogP contribution in [-0.2, 0) is 9.53 Å². The fourth-order valence-corrected chi connectivity index (χ4v) is 2.86. The highest BCUT2D eigenvalue weighted by atomic mass is 16.5. The van der Waals surface area contributed by atoms with Crippen molar-refractivity contribution in [3.8, 4) is 0 Å². The van der Waals surface area contributed by atoms with Crippen LogP contribution in [0.2, 0.25) is 0 Å². The maximum Gasteiger partial charge on any atom is 0.327 e. The van der Waals surface area contributed by atoms with E-state index in [1.165, 1.54) is 7.11 Å². The Hall–Kier alpha value is -0.650. The lowest BCUT2D eigenvalue weighted by atomic mass is 9.98. The highest BCUT2D eigenvalue weighted by Gasteiger charge is 2.36. The second kappa shape index (κ2) is 7.96. The third-order valence-corrected chi connectivity index (χ3v) is 4.23. The Labute approximate surface area is 123 Å². The van der Waals surface area contributed by atoms with Crippen molar-refractivity contribution in [2.45, 2.75) is 44.7 Å². The van der Waals surface area contributed by atoms with Crippen molar-refractivity contribution in [1.82, 2.24) is 15.1 Å². The van der Waals surface area contributed by atoms with Crippen molar-refractivity contribution >= 4 is 5.97 Å². The molecule has 5 heteroatoms. The lowest BCUT2D eigenvalue weighted by Crippen LogP contribution is -2.59. The van der Waals surface area contributed by atoms with Gasteiger partial charge in [-0.25, -0.2) is 0 Å². The van der Waals surface area contributed by atoms with Crippen LogP contribution in [-0.4, -0.2) is 74.7 Å². The number of rotatable bonds is 7. The molecule has 20 heavy (non-hydrogen) atoms. The average Bonchev–Trinajstić information content (AvgIpc) is 2.44. The Kier molecular flexibility index (Phi) is 6.92. The zero-order valence-corrected chi connectivity index (χ0v) is 13.7. The van der Waals surface area contributed by atoms with Gasteiger partial charge in [-0.15, -0.1) is 0 Å². The smallest absolute Gasteiger partial charge is 0.327 e. The largest absolute Gasteiger partial charge is 0.468 e. The van der Waals surface area contributed by atoms with Crippen LogP contribution in [0.4, 0.5) is 0 Å². The number of esters is 1. The number of carbonyl (C=O) groups is 1. The van der Waals surface area contributed by atoms with Gasteiger partial charge in [-0.1, -0.05) is 6.92 Å². The fraction of sp³-hybridized carbons (Fsp3) is 0.933. The molecule has 1 aliphatic rings. The molecule has 118 valence electrons. The molecule has 1 aliphatic heterocycles. The lowest BCUT2D eigenvalue weighted by molar-refractivity contribution is -0.149. The number of nitrogens with one attached hydrogen (secondary N) is 1. The van der Waals surface area contributed by atoms with Gasteiger partial charge in [-0.05, 0) is 59.9 Å². The predicted molar refractivity (Wildman–Crippen MR) is 81.9 cm³/mol. The van der Waals surface area contributed by atoms with Crippen molar-refractivity contribution < 1.29 is 9.53 Å². The van der Waals surface area contributed by atoms with E-state index in [0.717, 1.165) is 45.4 Å². The molecule has 1 atom stereocenters. The normalized spacial score (nSPS) is 20.9. The van der Waals surface area contributed by atoms with Crippen molar-refractivity contribution in [2.24, 2.45) is 0 Å². The van der Waals surface area contributed by atoms with Gasteiger partial charge >= 0.3 is 5.97 Å². The van der Waals surface area contributed by atoms with Crippen LogP contribution in [0.3, 0.4) is 0 Å². The second-order valence-electron chi connectivity index (χ2n) is 6.22. The summed E-state index contributed by atoms with van der Waals surface area (Å²) in [6, 6.07) is 0.666. The van der Waals surface area contributed by atoms with E-state index in [1.54, 1.807) is 0 Å². The summed E-state index contributed by atoms with van der Waals surface area (Å²) in [6.07, 6.45) is 3.34.